The first kappa shape index (κ1) is 18.3. The molecule has 0 radical (unpaired) electrons. The third-order valence-corrected chi connectivity index (χ3v) is 3.35. The summed E-state index contributed by atoms with van der Waals surface area (Å²) in [6, 6.07) is 3.93. The Balaban J connectivity index is 2.80. The molecule has 0 amide bonds. The molecule has 0 aliphatic heterocycles. The second kappa shape index (κ2) is 6.44. The van der Waals surface area contributed by atoms with Crippen molar-refractivity contribution in [3.05, 3.63) is 58.2 Å². The predicted octanol–water partition coefficient (Wildman–Crippen LogP) is 4.87. The first-order valence-corrected chi connectivity index (χ1v) is 6.47. The second-order valence-electron chi connectivity index (χ2n) is 4.81. The second-order valence-corrected chi connectivity index (χ2v) is 4.81. The topological polar surface area (TPSA) is 47.6 Å². The van der Waals surface area contributed by atoms with E-state index >= 15 is 0 Å². The van der Waals surface area contributed by atoms with Gasteiger partial charge < -0.3 is 0 Å². The van der Waals surface area contributed by atoms with Crippen LogP contribution in [0.5, 0.6) is 0 Å². The van der Waals surface area contributed by atoms with E-state index in [-0.39, 0.29) is 0 Å². The summed E-state index contributed by atoms with van der Waals surface area (Å²) in [5, 5.41) is 17.4. The van der Waals surface area contributed by atoms with Gasteiger partial charge in [-0.05, 0) is 12.1 Å². The fourth-order valence-corrected chi connectivity index (χ4v) is 2.18. The minimum Gasteiger partial charge on any atom is -0.203 e. The number of hydrogen-bond acceptors (Lipinski definition) is 2. The van der Waals surface area contributed by atoms with Gasteiger partial charge in [-0.1, -0.05) is 6.07 Å². The Kier molecular flexibility index (Phi) is 4.71. The fraction of sp³-hybridized carbons (Fsp3) is 0.125. The molecule has 0 spiro atoms. The third kappa shape index (κ3) is 3.13. The van der Waals surface area contributed by atoms with Gasteiger partial charge in [0.2, 0.25) is 0 Å². The summed E-state index contributed by atoms with van der Waals surface area (Å²) >= 11 is 0. The van der Waals surface area contributed by atoms with Gasteiger partial charge in [0.05, 0.1) is 35.2 Å². The molecule has 2 rings (SSSR count). The van der Waals surface area contributed by atoms with Crippen LogP contribution in [0.4, 0.5) is 30.7 Å². The molecule has 0 aliphatic rings. The van der Waals surface area contributed by atoms with Gasteiger partial charge in [0.15, 0.2) is 23.3 Å². The standard InChI is InChI=1S/C16H5F7N2/c17-12-10(3-4-24)13(18)15(20)11(14(12)19)9-2-1-8(16(21,22)23)5-7(9)6-25/h1-2,5H,3H2. The highest BCUT2D eigenvalue weighted by molar-refractivity contribution is 5.73. The van der Waals surface area contributed by atoms with E-state index in [1.54, 1.807) is 0 Å². The van der Waals surface area contributed by atoms with Crippen molar-refractivity contribution in [2.75, 3.05) is 0 Å². The van der Waals surface area contributed by atoms with E-state index in [1.807, 2.05) is 0 Å². The summed E-state index contributed by atoms with van der Waals surface area (Å²) in [5.41, 5.74) is -5.30. The van der Waals surface area contributed by atoms with E-state index in [1.165, 1.54) is 12.1 Å². The molecule has 0 fully saturated rings. The Morgan fingerprint density at radius 3 is 1.88 bits per heavy atom. The zero-order chi connectivity index (χ0) is 18.9. The smallest absolute Gasteiger partial charge is 0.203 e. The Morgan fingerprint density at radius 2 is 1.44 bits per heavy atom. The number of nitriles is 2. The molecular weight excluding hydrogens is 353 g/mol. The molecule has 128 valence electrons. The summed E-state index contributed by atoms with van der Waals surface area (Å²) in [6.45, 7) is 0. The minimum atomic E-state index is -4.83. The van der Waals surface area contributed by atoms with Crippen molar-refractivity contribution in [3.8, 4) is 23.3 Å². The molecule has 2 aromatic rings. The van der Waals surface area contributed by atoms with Crippen molar-refractivity contribution in [2.24, 2.45) is 0 Å². The molecule has 0 aromatic heterocycles. The van der Waals surface area contributed by atoms with E-state index in [9.17, 15) is 30.7 Å². The molecule has 0 saturated carbocycles. The summed E-state index contributed by atoms with van der Waals surface area (Å²) in [7, 11) is 0. The molecule has 2 aromatic carbocycles. The number of hydrogen-bond donors (Lipinski definition) is 0. The summed E-state index contributed by atoms with van der Waals surface area (Å²) < 4.78 is 94.0. The largest absolute Gasteiger partial charge is 0.416 e. The van der Waals surface area contributed by atoms with Crippen molar-refractivity contribution >= 4 is 0 Å². The average molecular weight is 358 g/mol. The maximum atomic E-state index is 14.1. The van der Waals surface area contributed by atoms with E-state index in [0.29, 0.717) is 18.2 Å². The average Bonchev–Trinajstić information content (AvgIpc) is 2.56. The van der Waals surface area contributed by atoms with Gasteiger partial charge in [-0.3, -0.25) is 0 Å². The lowest BCUT2D eigenvalue weighted by Crippen LogP contribution is -2.08. The van der Waals surface area contributed by atoms with Crippen molar-refractivity contribution < 1.29 is 30.7 Å². The molecule has 0 heterocycles. The summed E-state index contributed by atoms with van der Waals surface area (Å²) in [5.74, 6) is -7.50. The van der Waals surface area contributed by atoms with Crippen LogP contribution in [0.1, 0.15) is 16.7 Å². The van der Waals surface area contributed by atoms with Crippen LogP contribution >= 0.6 is 0 Å². The number of benzene rings is 2. The van der Waals surface area contributed by atoms with E-state index in [0.717, 1.165) is 0 Å². The van der Waals surface area contributed by atoms with Crippen LogP contribution in [-0.2, 0) is 12.6 Å². The summed E-state index contributed by atoms with van der Waals surface area (Å²) in [6.07, 6.45) is -5.78. The van der Waals surface area contributed by atoms with Crippen LogP contribution in [0, 0.1) is 45.9 Å². The van der Waals surface area contributed by atoms with Crippen LogP contribution in [-0.4, -0.2) is 0 Å². The van der Waals surface area contributed by atoms with Gasteiger partial charge in [0, 0.05) is 11.1 Å². The predicted molar refractivity (Wildman–Crippen MR) is 70.7 cm³/mol. The number of nitrogens with zero attached hydrogens (tertiary/aromatic N) is 2. The maximum Gasteiger partial charge on any atom is 0.416 e. The van der Waals surface area contributed by atoms with Crippen molar-refractivity contribution in [3.63, 3.8) is 0 Å². The van der Waals surface area contributed by atoms with Gasteiger partial charge in [0.25, 0.3) is 0 Å². The first-order chi connectivity index (χ1) is 11.6. The SMILES string of the molecule is N#CCc1c(F)c(F)c(-c2ccc(C(F)(F)F)cc2C#N)c(F)c1F. The Hall–Kier alpha value is -3.07. The van der Waals surface area contributed by atoms with E-state index in [2.05, 4.69) is 0 Å². The van der Waals surface area contributed by atoms with Crippen molar-refractivity contribution in [1.29, 1.82) is 10.5 Å². The highest BCUT2D eigenvalue weighted by Gasteiger charge is 2.33. The lowest BCUT2D eigenvalue weighted by atomic mass is 9.95. The highest BCUT2D eigenvalue weighted by atomic mass is 19.4. The molecule has 0 N–H and O–H groups in total. The summed E-state index contributed by atoms with van der Waals surface area (Å²) in [4.78, 5) is 0. The van der Waals surface area contributed by atoms with Gasteiger partial charge in [-0.2, -0.15) is 23.7 Å². The van der Waals surface area contributed by atoms with Gasteiger partial charge in [-0.25, -0.2) is 17.6 Å². The van der Waals surface area contributed by atoms with Crippen LogP contribution in [0.15, 0.2) is 18.2 Å². The first-order valence-electron chi connectivity index (χ1n) is 6.47. The maximum absolute atomic E-state index is 14.1. The molecule has 25 heavy (non-hydrogen) atoms. The van der Waals surface area contributed by atoms with E-state index in [4.69, 9.17) is 10.5 Å². The molecule has 9 heteroatoms. The molecule has 0 bridgehead atoms. The van der Waals surface area contributed by atoms with Crippen LogP contribution in [0.3, 0.4) is 0 Å². The molecule has 0 aliphatic carbocycles. The monoisotopic (exact) mass is 358 g/mol. The zero-order valence-corrected chi connectivity index (χ0v) is 12.0. The fourth-order valence-electron chi connectivity index (χ4n) is 2.18. The minimum absolute atomic E-state index is 0.313. The number of alkyl halides is 3. The quantitative estimate of drug-likeness (QED) is 0.568. The molecular formula is C16H5F7N2. The van der Waals surface area contributed by atoms with Crippen molar-refractivity contribution in [1.82, 2.24) is 0 Å². The highest BCUT2D eigenvalue weighted by Crippen LogP contribution is 2.37. The van der Waals surface area contributed by atoms with Gasteiger partial charge in [0.1, 0.15) is 0 Å². The Bertz CT molecular complexity index is 904. The van der Waals surface area contributed by atoms with Gasteiger partial charge in [-0.15, -0.1) is 0 Å². The number of halogens is 7. The van der Waals surface area contributed by atoms with Crippen LogP contribution in [0.2, 0.25) is 0 Å². The molecule has 0 atom stereocenters. The van der Waals surface area contributed by atoms with Crippen molar-refractivity contribution in [2.45, 2.75) is 12.6 Å². The Labute approximate surface area is 136 Å². The molecule has 0 saturated heterocycles. The third-order valence-electron chi connectivity index (χ3n) is 3.35. The van der Waals surface area contributed by atoms with Gasteiger partial charge >= 0.3 is 6.18 Å². The Morgan fingerprint density at radius 1 is 0.880 bits per heavy atom. The van der Waals surface area contributed by atoms with Crippen LogP contribution < -0.4 is 0 Å². The molecule has 0 unspecified atom stereocenters. The normalized spacial score (nSPS) is 11.1. The lowest BCUT2D eigenvalue weighted by Gasteiger charge is -2.13. The van der Waals surface area contributed by atoms with Crippen LogP contribution in [0.25, 0.3) is 11.1 Å². The zero-order valence-electron chi connectivity index (χ0n) is 12.0. The number of rotatable bonds is 2. The lowest BCUT2D eigenvalue weighted by molar-refractivity contribution is -0.137. The molecule has 2 nitrogen and oxygen atoms in total. The van der Waals surface area contributed by atoms with E-state index < -0.39 is 63.7 Å².